The monoisotopic (exact) mass is 254 g/mol. The molecular formula is C9H6F4O2S. The number of carboxylic acids is 1. The van der Waals surface area contributed by atoms with Gasteiger partial charge in [0, 0.05) is 4.90 Å². The van der Waals surface area contributed by atoms with Crippen molar-refractivity contribution in [2.45, 2.75) is 11.1 Å². The van der Waals surface area contributed by atoms with Crippen molar-refractivity contribution in [2.75, 3.05) is 6.26 Å². The molecule has 1 aromatic carbocycles. The highest BCUT2D eigenvalue weighted by atomic mass is 32.2. The Morgan fingerprint density at radius 3 is 2.31 bits per heavy atom. The minimum Gasteiger partial charge on any atom is -0.478 e. The van der Waals surface area contributed by atoms with Crippen LogP contribution in [0.25, 0.3) is 0 Å². The number of carbonyl (C=O) groups is 1. The molecule has 1 aromatic rings. The average Bonchev–Trinajstić information content (AvgIpc) is 2.15. The number of thioether (sulfide) groups is 1. The van der Waals surface area contributed by atoms with Crippen LogP contribution in [0.3, 0.4) is 0 Å². The van der Waals surface area contributed by atoms with Crippen molar-refractivity contribution in [1.82, 2.24) is 0 Å². The molecule has 0 amide bonds. The Morgan fingerprint density at radius 1 is 1.38 bits per heavy atom. The largest absolute Gasteiger partial charge is 0.478 e. The fraction of sp³-hybridized carbons (Fsp3) is 0.222. The highest BCUT2D eigenvalue weighted by Crippen LogP contribution is 2.35. The minimum atomic E-state index is -4.88. The molecule has 7 heteroatoms. The first-order valence-corrected chi connectivity index (χ1v) is 5.18. The standard InChI is InChI=1S/C9H6F4O2S/c1-16-5-3-2-4(9(11,12)13)6(7(5)10)8(14)15/h2-3H,1H3,(H,14,15). The van der Waals surface area contributed by atoms with Gasteiger partial charge in [-0.15, -0.1) is 11.8 Å². The SMILES string of the molecule is CSc1ccc(C(F)(F)F)c(C(=O)O)c1F. The molecule has 0 bridgehead atoms. The van der Waals surface area contributed by atoms with Gasteiger partial charge < -0.3 is 5.11 Å². The summed E-state index contributed by atoms with van der Waals surface area (Å²) in [6.07, 6.45) is -3.44. The van der Waals surface area contributed by atoms with Gasteiger partial charge in [-0.05, 0) is 18.4 Å². The molecule has 88 valence electrons. The topological polar surface area (TPSA) is 37.3 Å². The average molecular weight is 254 g/mol. The lowest BCUT2D eigenvalue weighted by molar-refractivity contribution is -0.138. The molecule has 0 saturated carbocycles. The van der Waals surface area contributed by atoms with E-state index < -0.39 is 29.1 Å². The van der Waals surface area contributed by atoms with Crippen LogP contribution in [-0.2, 0) is 6.18 Å². The summed E-state index contributed by atoms with van der Waals surface area (Å²) in [5.41, 5.74) is -2.81. The summed E-state index contributed by atoms with van der Waals surface area (Å²) < 4.78 is 50.6. The van der Waals surface area contributed by atoms with Crippen molar-refractivity contribution in [3.63, 3.8) is 0 Å². The predicted octanol–water partition coefficient (Wildman–Crippen LogP) is 3.26. The van der Waals surface area contributed by atoms with Crippen LogP contribution in [0.5, 0.6) is 0 Å². The third-order valence-corrected chi connectivity index (χ3v) is 2.60. The van der Waals surface area contributed by atoms with Crippen molar-refractivity contribution in [2.24, 2.45) is 0 Å². The lowest BCUT2D eigenvalue weighted by Gasteiger charge is -2.12. The predicted molar refractivity (Wildman–Crippen MR) is 50.1 cm³/mol. The van der Waals surface area contributed by atoms with Gasteiger partial charge in [0.2, 0.25) is 0 Å². The van der Waals surface area contributed by atoms with E-state index in [2.05, 4.69) is 0 Å². The van der Waals surface area contributed by atoms with Crippen LogP contribution in [-0.4, -0.2) is 17.3 Å². The maximum atomic E-state index is 13.4. The van der Waals surface area contributed by atoms with Crippen molar-refractivity contribution in [1.29, 1.82) is 0 Å². The third-order valence-electron chi connectivity index (χ3n) is 1.85. The zero-order valence-corrected chi connectivity index (χ0v) is 8.75. The molecule has 0 fully saturated rings. The van der Waals surface area contributed by atoms with E-state index in [1.54, 1.807) is 0 Å². The number of benzene rings is 1. The van der Waals surface area contributed by atoms with Gasteiger partial charge in [-0.1, -0.05) is 0 Å². The van der Waals surface area contributed by atoms with Crippen LogP contribution in [0.15, 0.2) is 17.0 Å². The Bertz CT molecular complexity index is 428. The van der Waals surface area contributed by atoms with Crippen molar-refractivity contribution < 1.29 is 27.5 Å². The molecule has 0 aromatic heterocycles. The Labute approximate surface area is 92.3 Å². The van der Waals surface area contributed by atoms with Crippen LogP contribution < -0.4 is 0 Å². The molecule has 1 N–H and O–H groups in total. The van der Waals surface area contributed by atoms with Gasteiger partial charge in [0.05, 0.1) is 5.56 Å². The number of carboxylic acid groups (broad SMARTS) is 1. The molecule has 0 spiro atoms. The number of hydrogen-bond donors (Lipinski definition) is 1. The molecule has 0 saturated heterocycles. The number of hydrogen-bond acceptors (Lipinski definition) is 2. The van der Waals surface area contributed by atoms with Crippen LogP contribution in [0.1, 0.15) is 15.9 Å². The molecule has 0 aliphatic rings. The zero-order chi connectivity index (χ0) is 12.5. The molecule has 2 nitrogen and oxygen atoms in total. The number of alkyl halides is 3. The number of aromatic carboxylic acids is 1. The second kappa shape index (κ2) is 4.32. The Kier molecular flexibility index (Phi) is 3.47. The first-order chi connectivity index (χ1) is 7.29. The summed E-state index contributed by atoms with van der Waals surface area (Å²) >= 11 is 0.841. The van der Waals surface area contributed by atoms with E-state index >= 15 is 0 Å². The van der Waals surface area contributed by atoms with E-state index in [1.807, 2.05) is 0 Å². The second-order valence-corrected chi connectivity index (χ2v) is 3.66. The lowest BCUT2D eigenvalue weighted by Crippen LogP contribution is -2.15. The summed E-state index contributed by atoms with van der Waals surface area (Å²) in [6.45, 7) is 0. The van der Waals surface area contributed by atoms with Gasteiger partial charge in [-0.3, -0.25) is 0 Å². The maximum absolute atomic E-state index is 13.4. The highest BCUT2D eigenvalue weighted by Gasteiger charge is 2.37. The number of rotatable bonds is 2. The molecule has 0 radical (unpaired) electrons. The Balaban J connectivity index is 3.53. The summed E-state index contributed by atoms with van der Waals surface area (Å²) in [5.74, 6) is -3.28. The van der Waals surface area contributed by atoms with E-state index in [1.165, 1.54) is 6.26 Å². The minimum absolute atomic E-state index is 0.134. The quantitative estimate of drug-likeness (QED) is 0.650. The third kappa shape index (κ3) is 2.29. The summed E-state index contributed by atoms with van der Waals surface area (Å²) in [4.78, 5) is 10.5. The molecule has 0 unspecified atom stereocenters. The first-order valence-electron chi connectivity index (χ1n) is 3.96. The first kappa shape index (κ1) is 12.8. The molecule has 0 aliphatic heterocycles. The smallest absolute Gasteiger partial charge is 0.417 e. The van der Waals surface area contributed by atoms with Crippen molar-refractivity contribution in [3.05, 3.63) is 29.1 Å². The van der Waals surface area contributed by atoms with E-state index in [0.717, 1.165) is 17.8 Å². The van der Waals surface area contributed by atoms with E-state index in [4.69, 9.17) is 5.11 Å². The van der Waals surface area contributed by atoms with Crippen molar-refractivity contribution in [3.8, 4) is 0 Å². The molecule has 1 rings (SSSR count). The molecule has 0 aliphatic carbocycles. The van der Waals surface area contributed by atoms with E-state index in [-0.39, 0.29) is 4.90 Å². The molecule has 0 atom stereocenters. The maximum Gasteiger partial charge on any atom is 0.417 e. The van der Waals surface area contributed by atoms with E-state index in [0.29, 0.717) is 6.07 Å². The fourth-order valence-corrected chi connectivity index (χ4v) is 1.65. The van der Waals surface area contributed by atoms with Crippen molar-refractivity contribution >= 4 is 17.7 Å². The summed E-state index contributed by atoms with van der Waals surface area (Å²) in [7, 11) is 0. The van der Waals surface area contributed by atoms with E-state index in [9.17, 15) is 22.4 Å². The molecule has 16 heavy (non-hydrogen) atoms. The highest BCUT2D eigenvalue weighted by molar-refractivity contribution is 7.98. The Morgan fingerprint density at radius 2 is 1.94 bits per heavy atom. The Hall–Kier alpha value is -1.24. The second-order valence-electron chi connectivity index (χ2n) is 2.81. The fourth-order valence-electron chi connectivity index (χ4n) is 1.16. The summed E-state index contributed by atoms with van der Waals surface area (Å²) in [5, 5.41) is 8.58. The van der Waals surface area contributed by atoms with Gasteiger partial charge in [0.15, 0.2) is 5.82 Å². The van der Waals surface area contributed by atoms with Crippen LogP contribution in [0, 0.1) is 5.82 Å². The van der Waals surface area contributed by atoms with Gasteiger partial charge in [0.1, 0.15) is 5.56 Å². The van der Waals surface area contributed by atoms with Gasteiger partial charge in [-0.25, -0.2) is 9.18 Å². The van der Waals surface area contributed by atoms with Crippen LogP contribution in [0.4, 0.5) is 17.6 Å². The molecule has 0 heterocycles. The van der Waals surface area contributed by atoms with Gasteiger partial charge in [-0.2, -0.15) is 13.2 Å². The van der Waals surface area contributed by atoms with Gasteiger partial charge in [0.25, 0.3) is 0 Å². The normalized spacial score (nSPS) is 11.6. The zero-order valence-electron chi connectivity index (χ0n) is 7.93. The summed E-state index contributed by atoms with van der Waals surface area (Å²) in [6, 6.07) is 1.48. The van der Waals surface area contributed by atoms with Gasteiger partial charge >= 0.3 is 12.1 Å². The lowest BCUT2D eigenvalue weighted by atomic mass is 10.1. The van der Waals surface area contributed by atoms with Crippen LogP contribution in [0.2, 0.25) is 0 Å². The van der Waals surface area contributed by atoms with Crippen LogP contribution >= 0.6 is 11.8 Å². The molecular weight excluding hydrogens is 248 g/mol. The number of halogens is 4.